The molecule has 1 N–H and O–H groups in total. The van der Waals surface area contributed by atoms with Crippen LogP contribution in [-0.4, -0.2) is 34.7 Å². The van der Waals surface area contributed by atoms with Crippen molar-refractivity contribution in [2.24, 2.45) is 0 Å². The molecule has 0 atom stereocenters. The van der Waals surface area contributed by atoms with Crippen LogP contribution in [-0.2, 0) is 10.0 Å². The molecule has 0 radical (unpaired) electrons. The van der Waals surface area contributed by atoms with E-state index in [9.17, 15) is 26.9 Å². The number of halogens is 4. The molecular formula is C21H13ClF3N5O2S. The monoisotopic (exact) mass is 491 g/mol. The first-order valence-electron chi connectivity index (χ1n) is 9.62. The fourth-order valence-electron chi connectivity index (χ4n) is 3.68. The quantitative estimate of drug-likeness (QED) is 0.533. The van der Waals surface area contributed by atoms with Crippen LogP contribution in [0.15, 0.2) is 53.7 Å². The normalized spacial score (nSPS) is 16.9. The van der Waals surface area contributed by atoms with Gasteiger partial charge in [0.2, 0.25) is 10.0 Å². The van der Waals surface area contributed by atoms with Crippen molar-refractivity contribution in [2.45, 2.75) is 29.5 Å². The van der Waals surface area contributed by atoms with Gasteiger partial charge in [-0.25, -0.2) is 13.4 Å². The summed E-state index contributed by atoms with van der Waals surface area (Å²) in [6, 6.07) is 6.25. The first-order chi connectivity index (χ1) is 15.6. The van der Waals surface area contributed by atoms with E-state index in [1.54, 1.807) is 15.4 Å². The van der Waals surface area contributed by atoms with Gasteiger partial charge in [-0.1, -0.05) is 17.7 Å². The molecule has 5 rings (SSSR count). The van der Waals surface area contributed by atoms with Gasteiger partial charge < -0.3 is 4.57 Å². The average Bonchev–Trinajstić information content (AvgIpc) is 3.43. The third-order valence-corrected chi connectivity index (χ3v) is 7.36. The van der Waals surface area contributed by atoms with Crippen molar-refractivity contribution in [1.29, 1.82) is 5.26 Å². The lowest BCUT2D eigenvalue weighted by molar-refractivity contribution is -0.160. The molecule has 168 valence electrons. The Morgan fingerprint density at radius 2 is 1.94 bits per heavy atom. The highest BCUT2D eigenvalue weighted by molar-refractivity contribution is 7.89. The van der Waals surface area contributed by atoms with Crippen molar-refractivity contribution in [3.8, 4) is 17.5 Å². The lowest BCUT2D eigenvalue weighted by Gasteiger charge is -2.20. The molecule has 3 aromatic rings. The first kappa shape index (κ1) is 21.6. The maximum Gasteiger partial charge on any atom is 0.407 e. The molecule has 0 bridgehead atoms. The number of fused-ring (bicyclic) bond motifs is 1. The highest BCUT2D eigenvalue weighted by Gasteiger charge is 2.65. The number of nitriles is 1. The number of alkyl halides is 3. The molecule has 33 heavy (non-hydrogen) atoms. The van der Waals surface area contributed by atoms with E-state index in [1.807, 2.05) is 18.2 Å². The minimum Gasteiger partial charge on any atom is -0.306 e. The second-order valence-corrected chi connectivity index (χ2v) is 9.78. The first-order valence-corrected chi connectivity index (χ1v) is 11.5. The molecule has 2 aliphatic rings. The van der Waals surface area contributed by atoms with Crippen LogP contribution in [0.4, 0.5) is 13.2 Å². The van der Waals surface area contributed by atoms with Gasteiger partial charge in [0.05, 0.1) is 22.5 Å². The van der Waals surface area contributed by atoms with E-state index in [0.717, 1.165) is 18.0 Å². The molecule has 0 unspecified atom stereocenters. The number of aromatic nitrogens is 3. The van der Waals surface area contributed by atoms with Gasteiger partial charge in [0.1, 0.15) is 21.7 Å². The average molecular weight is 492 g/mol. The van der Waals surface area contributed by atoms with E-state index in [1.165, 1.54) is 12.3 Å². The van der Waals surface area contributed by atoms with E-state index in [0.29, 0.717) is 16.6 Å². The van der Waals surface area contributed by atoms with Crippen LogP contribution in [0.2, 0.25) is 5.15 Å². The summed E-state index contributed by atoms with van der Waals surface area (Å²) in [4.78, 5) is 7.81. The van der Waals surface area contributed by atoms with E-state index < -0.39 is 26.6 Å². The number of hydrogen-bond acceptors (Lipinski definition) is 5. The van der Waals surface area contributed by atoms with Gasteiger partial charge in [-0.05, 0) is 37.1 Å². The van der Waals surface area contributed by atoms with Crippen LogP contribution < -0.4 is 4.72 Å². The predicted octanol–water partition coefficient (Wildman–Crippen LogP) is 4.41. The van der Waals surface area contributed by atoms with Crippen molar-refractivity contribution in [2.75, 3.05) is 0 Å². The molecular weight excluding hydrogens is 479 g/mol. The third-order valence-electron chi connectivity index (χ3n) is 5.64. The molecule has 1 fully saturated rings. The molecule has 12 heteroatoms. The Labute approximate surface area is 190 Å². The number of allylic oxidation sites excluding steroid dienone is 4. The second kappa shape index (κ2) is 7.15. The Balaban J connectivity index is 1.59. The summed E-state index contributed by atoms with van der Waals surface area (Å²) in [6.07, 6.45) is 2.56. The van der Waals surface area contributed by atoms with Crippen molar-refractivity contribution in [3.63, 3.8) is 0 Å². The Morgan fingerprint density at radius 3 is 2.45 bits per heavy atom. The lowest BCUT2D eigenvalue weighted by Crippen LogP contribution is -2.47. The number of nitrogens with zero attached hydrogens (tertiary/aromatic N) is 4. The largest absolute Gasteiger partial charge is 0.407 e. The smallest absolute Gasteiger partial charge is 0.306 e. The molecule has 0 amide bonds. The van der Waals surface area contributed by atoms with Gasteiger partial charge in [0.25, 0.3) is 0 Å². The highest BCUT2D eigenvalue weighted by Crippen LogP contribution is 2.49. The Hall–Kier alpha value is -3.20. The van der Waals surface area contributed by atoms with Crippen LogP contribution in [0.25, 0.3) is 28.0 Å². The fourth-order valence-corrected chi connectivity index (χ4v) is 5.22. The minimum absolute atomic E-state index is 0.223. The van der Waals surface area contributed by atoms with Crippen LogP contribution >= 0.6 is 11.6 Å². The van der Waals surface area contributed by atoms with Gasteiger partial charge in [-0.3, -0.25) is 4.98 Å². The number of sulfonamides is 1. The van der Waals surface area contributed by atoms with Gasteiger partial charge in [0.15, 0.2) is 0 Å². The maximum absolute atomic E-state index is 13.2. The Kier molecular flexibility index (Phi) is 4.69. The SMILES string of the molecule is N#Cc1c(-c2ccc(S(=O)(=O)NC3(C(F)(F)F)CC3)cn2)n(C2=CC=C2)c2cc(Cl)ncc12. The predicted molar refractivity (Wildman–Crippen MR) is 114 cm³/mol. The summed E-state index contributed by atoms with van der Waals surface area (Å²) in [6.45, 7) is 0. The zero-order valence-corrected chi connectivity index (χ0v) is 18.1. The molecule has 3 aromatic heterocycles. The number of rotatable bonds is 5. The van der Waals surface area contributed by atoms with Crippen LogP contribution in [0, 0.1) is 11.3 Å². The fraction of sp³-hybridized carbons (Fsp3) is 0.190. The van der Waals surface area contributed by atoms with E-state index >= 15 is 0 Å². The third kappa shape index (κ3) is 3.42. The van der Waals surface area contributed by atoms with Crippen LogP contribution in [0.1, 0.15) is 18.4 Å². The topological polar surface area (TPSA) is 101 Å². The molecule has 0 saturated heterocycles. The summed E-state index contributed by atoms with van der Waals surface area (Å²) < 4.78 is 68.2. The molecule has 7 nitrogen and oxygen atoms in total. The van der Waals surface area contributed by atoms with Crippen LogP contribution in [0.3, 0.4) is 0 Å². The molecule has 0 aliphatic heterocycles. The summed E-state index contributed by atoms with van der Waals surface area (Å²) in [7, 11) is -4.46. The lowest BCUT2D eigenvalue weighted by atomic mass is 10.1. The van der Waals surface area contributed by atoms with E-state index in [-0.39, 0.29) is 29.3 Å². The standard InChI is InChI=1S/C21H13ClF3N5O2S/c22-18-8-17-15(11-28-18)14(9-26)19(30(17)12-2-1-3-12)16-5-4-13(10-27-16)33(31,32)29-20(6-7-20)21(23,24)25/h1-5,8,10-11,29H,6-7H2. The summed E-state index contributed by atoms with van der Waals surface area (Å²) >= 11 is 6.05. The van der Waals surface area contributed by atoms with Crippen molar-refractivity contribution in [3.05, 3.63) is 59.5 Å². The van der Waals surface area contributed by atoms with Crippen LogP contribution in [0.5, 0.6) is 0 Å². The van der Waals surface area contributed by atoms with Gasteiger partial charge in [-0.15, -0.1) is 0 Å². The van der Waals surface area contributed by atoms with Gasteiger partial charge in [-0.2, -0.15) is 23.2 Å². The molecule has 3 heterocycles. The minimum atomic E-state index is -4.69. The van der Waals surface area contributed by atoms with E-state index in [2.05, 4.69) is 16.0 Å². The summed E-state index contributed by atoms with van der Waals surface area (Å²) in [5.74, 6) is 0. The molecule has 0 aromatic carbocycles. The van der Waals surface area contributed by atoms with Gasteiger partial charge in [0, 0.05) is 29.5 Å². The number of hydrogen-bond donors (Lipinski definition) is 1. The van der Waals surface area contributed by atoms with Crippen molar-refractivity contribution >= 4 is 38.2 Å². The zero-order valence-electron chi connectivity index (χ0n) is 16.6. The van der Waals surface area contributed by atoms with E-state index in [4.69, 9.17) is 11.6 Å². The Bertz CT molecular complexity index is 1510. The Morgan fingerprint density at radius 1 is 1.21 bits per heavy atom. The number of pyridine rings is 2. The number of nitrogens with one attached hydrogen (secondary N) is 1. The second-order valence-electron chi connectivity index (χ2n) is 7.71. The maximum atomic E-state index is 13.2. The molecule has 1 saturated carbocycles. The van der Waals surface area contributed by atoms with Crippen molar-refractivity contribution < 1.29 is 21.6 Å². The molecule has 0 spiro atoms. The summed E-state index contributed by atoms with van der Waals surface area (Å²) in [5, 5.41) is 10.6. The highest BCUT2D eigenvalue weighted by atomic mass is 35.5. The van der Waals surface area contributed by atoms with Crippen molar-refractivity contribution in [1.82, 2.24) is 19.3 Å². The zero-order chi connectivity index (χ0) is 23.6. The van der Waals surface area contributed by atoms with Gasteiger partial charge >= 0.3 is 6.18 Å². The molecule has 2 aliphatic carbocycles. The summed E-state index contributed by atoms with van der Waals surface area (Å²) in [5.41, 5.74) is -0.169.